The van der Waals surface area contributed by atoms with Crippen molar-refractivity contribution in [3.05, 3.63) is 71.5 Å². The molecule has 1 heterocycles. The lowest BCUT2D eigenvalue weighted by Crippen LogP contribution is -2.57. The van der Waals surface area contributed by atoms with Crippen LogP contribution >= 0.6 is 11.6 Å². The molecule has 1 aliphatic heterocycles. The smallest absolute Gasteiger partial charge is 0.228 e. The van der Waals surface area contributed by atoms with Crippen molar-refractivity contribution < 1.29 is 14.0 Å². The molecule has 2 atom stereocenters. The van der Waals surface area contributed by atoms with Crippen molar-refractivity contribution in [1.29, 1.82) is 0 Å². The van der Waals surface area contributed by atoms with E-state index in [0.29, 0.717) is 6.54 Å². The van der Waals surface area contributed by atoms with E-state index in [1.807, 2.05) is 56.0 Å². The minimum atomic E-state index is -0.413. The molecule has 0 aliphatic carbocycles. The number of nitrogens with zero attached hydrogens (tertiary/aromatic N) is 2. The Morgan fingerprint density at radius 2 is 1.44 bits per heavy atom. The molecular weight excluding hydrogens is 451 g/mol. The molecule has 2 aromatic rings. The number of hydrogen-bond acceptors (Lipinski definition) is 3. The summed E-state index contributed by atoms with van der Waals surface area (Å²) >= 11 is 5.11. The van der Waals surface area contributed by atoms with Gasteiger partial charge in [0, 0.05) is 36.5 Å². The third kappa shape index (κ3) is 7.92. The number of rotatable bonds is 3. The summed E-state index contributed by atoms with van der Waals surface area (Å²) in [6, 6.07) is 17.2. The molecule has 0 aromatic heterocycles. The van der Waals surface area contributed by atoms with Gasteiger partial charge in [0.15, 0.2) is 0 Å². The van der Waals surface area contributed by atoms with Crippen LogP contribution in [0.25, 0.3) is 0 Å². The van der Waals surface area contributed by atoms with E-state index in [1.54, 1.807) is 20.8 Å². The minimum absolute atomic E-state index is 0.0494. The van der Waals surface area contributed by atoms with Crippen LogP contribution in [0.1, 0.15) is 65.6 Å². The molecule has 1 saturated heterocycles. The molecule has 1 fully saturated rings. The van der Waals surface area contributed by atoms with Crippen LogP contribution in [0.3, 0.4) is 0 Å². The van der Waals surface area contributed by atoms with Gasteiger partial charge < -0.3 is 4.90 Å². The molecule has 0 spiro atoms. The summed E-state index contributed by atoms with van der Waals surface area (Å²) in [6.45, 7) is 15.6. The van der Waals surface area contributed by atoms with E-state index in [2.05, 4.69) is 24.0 Å². The van der Waals surface area contributed by atoms with E-state index in [1.165, 1.54) is 17.7 Å². The number of amides is 1. The molecule has 0 bridgehead atoms. The molecule has 1 amide bonds. The van der Waals surface area contributed by atoms with Crippen LogP contribution < -0.4 is 0 Å². The first-order chi connectivity index (χ1) is 15.7. The van der Waals surface area contributed by atoms with Crippen LogP contribution in [-0.2, 0) is 16.1 Å². The van der Waals surface area contributed by atoms with Gasteiger partial charge in [-0.05, 0) is 41.8 Å². The largest absolute Gasteiger partial charge is 0.336 e. The standard InChI is InChI=1S/C23H29FN2O.C5H9ClO/c1-17-14-25(15-18-8-6-5-7-9-18)21(19-10-12-20(24)13-11-19)16-26(17)22(27)23(2,3)4;1-5(2,3)4(6)7/h5-13,17,21H,14-16H2,1-4H3;1-3H3/t17-,21-;/m1./s1. The van der Waals surface area contributed by atoms with E-state index in [9.17, 15) is 14.0 Å². The SMILES string of the molecule is CC(C)(C)C(=O)Cl.C[C@@H]1CN(Cc2ccccc2)[C@@H](c2ccc(F)cc2)CN1C(=O)C(C)(C)C. The van der Waals surface area contributed by atoms with Gasteiger partial charge in [0.1, 0.15) is 5.82 Å². The number of carbonyl (C=O) groups is 2. The Hall–Kier alpha value is -2.24. The molecule has 6 heteroatoms. The molecule has 1 aliphatic rings. The van der Waals surface area contributed by atoms with Gasteiger partial charge in [0.25, 0.3) is 0 Å². The maximum Gasteiger partial charge on any atom is 0.228 e. The van der Waals surface area contributed by atoms with E-state index in [-0.39, 0.29) is 34.5 Å². The summed E-state index contributed by atoms with van der Waals surface area (Å²) in [6.07, 6.45) is 0. The third-order valence-electron chi connectivity index (χ3n) is 5.82. The predicted octanol–water partition coefficient (Wildman–Crippen LogP) is 6.44. The summed E-state index contributed by atoms with van der Waals surface area (Å²) in [5.74, 6) is -0.0679. The molecule has 0 radical (unpaired) electrons. The van der Waals surface area contributed by atoms with Gasteiger partial charge in [-0.1, -0.05) is 84.0 Å². The van der Waals surface area contributed by atoms with Crippen molar-refractivity contribution in [2.75, 3.05) is 13.1 Å². The van der Waals surface area contributed by atoms with Gasteiger partial charge >= 0.3 is 0 Å². The fourth-order valence-electron chi connectivity index (χ4n) is 3.75. The zero-order valence-corrected chi connectivity index (χ0v) is 22.2. The second-order valence-electron chi connectivity index (χ2n) is 11.1. The fourth-order valence-corrected chi connectivity index (χ4v) is 3.75. The first-order valence-corrected chi connectivity index (χ1v) is 12.1. The average Bonchev–Trinajstić information content (AvgIpc) is 2.74. The van der Waals surface area contributed by atoms with Crippen LogP contribution in [0.2, 0.25) is 0 Å². The topological polar surface area (TPSA) is 40.6 Å². The molecular formula is C28H38ClFN2O2. The lowest BCUT2D eigenvalue weighted by Gasteiger charge is -2.47. The van der Waals surface area contributed by atoms with E-state index >= 15 is 0 Å². The summed E-state index contributed by atoms with van der Waals surface area (Å²) in [5, 5.41) is -0.285. The lowest BCUT2D eigenvalue weighted by atomic mass is 9.91. The number of carbonyl (C=O) groups excluding carboxylic acids is 2. The molecule has 186 valence electrons. The second kappa shape index (κ2) is 11.5. The highest BCUT2D eigenvalue weighted by molar-refractivity contribution is 6.64. The number of hydrogen-bond donors (Lipinski definition) is 0. The second-order valence-corrected chi connectivity index (χ2v) is 11.4. The van der Waals surface area contributed by atoms with Gasteiger partial charge in [-0.15, -0.1) is 0 Å². The molecule has 34 heavy (non-hydrogen) atoms. The summed E-state index contributed by atoms with van der Waals surface area (Å²) in [5.41, 5.74) is 1.50. The maximum absolute atomic E-state index is 13.4. The van der Waals surface area contributed by atoms with E-state index < -0.39 is 5.41 Å². The molecule has 0 unspecified atom stereocenters. The van der Waals surface area contributed by atoms with E-state index in [0.717, 1.165) is 18.7 Å². The molecule has 0 saturated carbocycles. The summed E-state index contributed by atoms with van der Waals surface area (Å²) in [4.78, 5) is 27.6. The average molecular weight is 489 g/mol. The highest BCUT2D eigenvalue weighted by Crippen LogP contribution is 2.32. The molecule has 3 rings (SSSR count). The van der Waals surface area contributed by atoms with Crippen molar-refractivity contribution in [3.8, 4) is 0 Å². The van der Waals surface area contributed by atoms with Crippen LogP contribution in [-0.4, -0.2) is 40.1 Å². The van der Waals surface area contributed by atoms with Crippen LogP contribution in [0.5, 0.6) is 0 Å². The monoisotopic (exact) mass is 488 g/mol. The Balaban J connectivity index is 0.000000509. The van der Waals surface area contributed by atoms with Crippen LogP contribution in [0.4, 0.5) is 4.39 Å². The van der Waals surface area contributed by atoms with Crippen LogP contribution in [0.15, 0.2) is 54.6 Å². The zero-order valence-electron chi connectivity index (χ0n) is 21.4. The molecule has 4 nitrogen and oxygen atoms in total. The van der Waals surface area contributed by atoms with Gasteiger partial charge in [-0.25, -0.2) is 4.39 Å². The van der Waals surface area contributed by atoms with Crippen LogP contribution in [0, 0.1) is 16.6 Å². The predicted molar refractivity (Wildman–Crippen MR) is 137 cm³/mol. The first-order valence-electron chi connectivity index (χ1n) is 11.7. The van der Waals surface area contributed by atoms with Gasteiger partial charge in [-0.3, -0.25) is 14.5 Å². The van der Waals surface area contributed by atoms with Crippen molar-refractivity contribution in [2.24, 2.45) is 10.8 Å². The van der Waals surface area contributed by atoms with E-state index in [4.69, 9.17) is 11.6 Å². The summed E-state index contributed by atoms with van der Waals surface area (Å²) < 4.78 is 13.4. The van der Waals surface area contributed by atoms with Gasteiger partial charge in [-0.2, -0.15) is 0 Å². The Kier molecular flexibility index (Phi) is 9.44. The van der Waals surface area contributed by atoms with Crippen molar-refractivity contribution in [3.63, 3.8) is 0 Å². The molecule has 0 N–H and O–H groups in total. The minimum Gasteiger partial charge on any atom is -0.336 e. The first kappa shape index (κ1) is 28.0. The third-order valence-corrected chi connectivity index (χ3v) is 6.38. The highest BCUT2D eigenvalue weighted by atomic mass is 35.5. The van der Waals surface area contributed by atoms with Crippen molar-refractivity contribution in [1.82, 2.24) is 9.80 Å². The Bertz CT molecular complexity index is 949. The number of halogens is 2. The quantitative estimate of drug-likeness (QED) is 0.466. The van der Waals surface area contributed by atoms with Crippen molar-refractivity contribution >= 4 is 22.8 Å². The number of piperazine rings is 1. The lowest BCUT2D eigenvalue weighted by molar-refractivity contribution is -0.146. The van der Waals surface area contributed by atoms with Gasteiger partial charge in [0.05, 0.1) is 6.04 Å². The number of benzene rings is 2. The summed E-state index contributed by atoms with van der Waals surface area (Å²) in [7, 11) is 0. The Labute approximate surface area is 209 Å². The fraction of sp³-hybridized carbons (Fsp3) is 0.500. The maximum atomic E-state index is 13.4. The van der Waals surface area contributed by atoms with Gasteiger partial charge in [0.2, 0.25) is 11.1 Å². The Morgan fingerprint density at radius 3 is 1.91 bits per heavy atom. The normalized spacial score (nSPS) is 19.3. The Morgan fingerprint density at radius 1 is 0.912 bits per heavy atom. The van der Waals surface area contributed by atoms with Crippen molar-refractivity contribution in [2.45, 2.75) is 67.1 Å². The highest BCUT2D eigenvalue weighted by Gasteiger charge is 2.38. The molecule has 2 aromatic carbocycles. The zero-order chi connectivity index (χ0) is 25.7.